The molecule has 0 aromatic heterocycles. The van der Waals surface area contributed by atoms with E-state index in [1.807, 2.05) is 52.8 Å². The van der Waals surface area contributed by atoms with Crippen LogP contribution in [0.5, 0.6) is 0 Å². The summed E-state index contributed by atoms with van der Waals surface area (Å²) >= 11 is 5.69. The van der Waals surface area contributed by atoms with Crippen LogP contribution in [0.15, 0.2) is 30.3 Å². The zero-order valence-corrected chi connectivity index (χ0v) is 23.1. The van der Waals surface area contributed by atoms with Crippen molar-refractivity contribution in [3.8, 4) is 0 Å². The summed E-state index contributed by atoms with van der Waals surface area (Å²) in [5.41, 5.74) is 0.888. The molecular formula is C27H45N5O2S. The lowest BCUT2D eigenvalue weighted by atomic mass is 9.85. The number of likely N-dealkylation sites (N-methyl/N-ethyl adjacent to an activating group) is 1. The Morgan fingerprint density at radius 1 is 1.11 bits per heavy atom. The molecule has 1 fully saturated rings. The number of amides is 1. The highest BCUT2D eigenvalue weighted by Crippen LogP contribution is 2.22. The molecule has 1 amide bonds. The highest BCUT2D eigenvalue weighted by atomic mass is 32.1. The summed E-state index contributed by atoms with van der Waals surface area (Å²) in [6.45, 7) is 9.28. The molecule has 35 heavy (non-hydrogen) atoms. The average molecular weight is 504 g/mol. The summed E-state index contributed by atoms with van der Waals surface area (Å²) in [4.78, 5) is 26.7. The Kier molecular flexibility index (Phi) is 11.6. The van der Waals surface area contributed by atoms with Crippen molar-refractivity contribution in [2.45, 2.75) is 84.1 Å². The first kappa shape index (κ1) is 29.2. The van der Waals surface area contributed by atoms with Gasteiger partial charge in [-0.1, -0.05) is 70.9 Å². The minimum atomic E-state index is -0.537. The molecule has 7 nitrogen and oxygen atoms in total. The normalized spacial score (nSPS) is 21.0. The Morgan fingerprint density at radius 2 is 1.74 bits per heavy atom. The van der Waals surface area contributed by atoms with Crippen LogP contribution in [0, 0.1) is 11.3 Å². The third kappa shape index (κ3) is 9.86. The van der Waals surface area contributed by atoms with Crippen LogP contribution in [0.1, 0.15) is 58.9 Å². The summed E-state index contributed by atoms with van der Waals surface area (Å²) in [5.74, 6) is -0.435. The van der Waals surface area contributed by atoms with Crippen LogP contribution in [-0.4, -0.2) is 67.0 Å². The first-order chi connectivity index (χ1) is 16.5. The Morgan fingerprint density at radius 3 is 2.31 bits per heavy atom. The van der Waals surface area contributed by atoms with Crippen LogP contribution in [0.25, 0.3) is 0 Å². The van der Waals surface area contributed by atoms with Gasteiger partial charge in [0.1, 0.15) is 12.3 Å². The molecule has 1 aliphatic carbocycles. The zero-order chi connectivity index (χ0) is 26.0. The molecule has 196 valence electrons. The van der Waals surface area contributed by atoms with Crippen LogP contribution in [0.3, 0.4) is 0 Å². The predicted molar refractivity (Wildman–Crippen MR) is 147 cm³/mol. The Bertz CT molecular complexity index is 812. The van der Waals surface area contributed by atoms with E-state index in [9.17, 15) is 9.59 Å². The van der Waals surface area contributed by atoms with Crippen molar-refractivity contribution >= 4 is 29.5 Å². The molecule has 0 spiro atoms. The van der Waals surface area contributed by atoms with Crippen LogP contribution >= 0.6 is 12.2 Å². The molecule has 2 rings (SSSR count). The fourth-order valence-electron chi connectivity index (χ4n) is 4.51. The molecule has 0 radical (unpaired) electrons. The van der Waals surface area contributed by atoms with E-state index in [0.717, 1.165) is 32.1 Å². The van der Waals surface area contributed by atoms with Crippen molar-refractivity contribution in [3.05, 3.63) is 35.9 Å². The second kappa shape index (κ2) is 13.9. The number of nitrogens with zero attached hydrogens (tertiary/aromatic N) is 1. The molecule has 0 bridgehead atoms. The van der Waals surface area contributed by atoms with Gasteiger partial charge in [0.25, 0.3) is 0 Å². The quantitative estimate of drug-likeness (QED) is 0.273. The number of carbonyl (C=O) groups is 2. The van der Waals surface area contributed by atoms with E-state index in [2.05, 4.69) is 45.5 Å². The monoisotopic (exact) mass is 503 g/mol. The Hall–Kier alpha value is -2.03. The van der Waals surface area contributed by atoms with Gasteiger partial charge < -0.3 is 31.0 Å². The van der Waals surface area contributed by atoms with Gasteiger partial charge in [-0.2, -0.15) is 0 Å². The topological polar surface area (TPSA) is 85.5 Å². The fourth-order valence-corrected chi connectivity index (χ4v) is 4.78. The maximum atomic E-state index is 13.3. The second-order valence-electron chi connectivity index (χ2n) is 11.2. The maximum Gasteiger partial charge on any atom is 0.243 e. The van der Waals surface area contributed by atoms with Gasteiger partial charge >= 0.3 is 0 Å². The first-order valence-corrected chi connectivity index (χ1v) is 13.2. The van der Waals surface area contributed by atoms with E-state index in [-0.39, 0.29) is 29.3 Å². The van der Waals surface area contributed by atoms with Crippen LogP contribution in [0.2, 0.25) is 0 Å². The molecule has 1 aromatic carbocycles. The van der Waals surface area contributed by atoms with Crippen molar-refractivity contribution < 1.29 is 9.59 Å². The molecule has 4 N–H and O–H groups in total. The van der Waals surface area contributed by atoms with E-state index >= 15 is 0 Å². The third-order valence-electron chi connectivity index (χ3n) is 6.64. The van der Waals surface area contributed by atoms with Gasteiger partial charge in [0.2, 0.25) is 5.91 Å². The van der Waals surface area contributed by atoms with E-state index in [1.54, 1.807) is 0 Å². The van der Waals surface area contributed by atoms with Crippen LogP contribution in [0.4, 0.5) is 0 Å². The number of hydrogen-bond donors (Lipinski definition) is 4. The van der Waals surface area contributed by atoms with Gasteiger partial charge in [0.05, 0.1) is 6.04 Å². The molecule has 0 aliphatic heterocycles. The smallest absolute Gasteiger partial charge is 0.243 e. The molecule has 1 aromatic rings. The lowest BCUT2D eigenvalue weighted by Gasteiger charge is -2.37. The number of nitrogens with one attached hydrogen (secondary N) is 4. The number of benzene rings is 1. The zero-order valence-electron chi connectivity index (χ0n) is 22.3. The molecule has 0 heterocycles. The highest BCUT2D eigenvalue weighted by molar-refractivity contribution is 7.80. The van der Waals surface area contributed by atoms with Crippen molar-refractivity contribution in [1.82, 2.24) is 26.2 Å². The molecule has 8 heteroatoms. The number of carbonyl (C=O) groups excluding carboxylic acids is 2. The standard InChI is InChI=1S/C27H45N5O2S/c1-19(18-33)23(17-32(5)6)29-25(34)24(27(2,3)4)31-26(35)30-22-15-11-10-14-21(22)28-16-20-12-8-7-9-13-20/h7-9,12-13,18-19,21-24,28H,10-11,14-17H2,1-6H3,(H,29,34)(H2,30,31,35)/t19-,21-,22-,23?,24+/m0/s1. The van der Waals surface area contributed by atoms with Crippen molar-refractivity contribution in [2.24, 2.45) is 11.3 Å². The molecule has 1 aliphatic rings. The number of hydrogen-bond acceptors (Lipinski definition) is 5. The SMILES string of the molecule is C[C@@H](C=O)C(CN(C)C)NC(=O)[C@@H](NC(=S)N[C@H]1CCCC[C@@H]1NCc1ccccc1)C(C)(C)C. The Balaban J connectivity index is 2.02. The molecule has 1 unspecified atom stereocenters. The minimum Gasteiger partial charge on any atom is -0.358 e. The molecule has 0 saturated heterocycles. The van der Waals surface area contributed by atoms with Gasteiger partial charge in [0.15, 0.2) is 5.11 Å². The van der Waals surface area contributed by atoms with E-state index in [0.29, 0.717) is 17.7 Å². The van der Waals surface area contributed by atoms with Crippen molar-refractivity contribution in [3.63, 3.8) is 0 Å². The number of rotatable bonds is 11. The average Bonchev–Trinajstić information content (AvgIpc) is 2.80. The molecule has 5 atom stereocenters. The van der Waals surface area contributed by atoms with Gasteiger partial charge in [-0.25, -0.2) is 0 Å². The summed E-state index contributed by atoms with van der Waals surface area (Å²) < 4.78 is 0. The largest absolute Gasteiger partial charge is 0.358 e. The van der Waals surface area contributed by atoms with Crippen molar-refractivity contribution in [2.75, 3.05) is 20.6 Å². The first-order valence-electron chi connectivity index (χ1n) is 12.8. The van der Waals surface area contributed by atoms with E-state index in [1.165, 1.54) is 12.0 Å². The third-order valence-corrected chi connectivity index (χ3v) is 6.87. The lowest BCUT2D eigenvalue weighted by Crippen LogP contribution is -2.61. The van der Waals surface area contributed by atoms with E-state index < -0.39 is 6.04 Å². The van der Waals surface area contributed by atoms with Crippen LogP contribution < -0.4 is 21.3 Å². The lowest BCUT2D eigenvalue weighted by molar-refractivity contribution is -0.126. The van der Waals surface area contributed by atoms with Crippen molar-refractivity contribution in [1.29, 1.82) is 0 Å². The number of thiocarbonyl (C=S) groups is 1. The summed E-state index contributed by atoms with van der Waals surface area (Å²) in [6.07, 6.45) is 5.36. The van der Waals surface area contributed by atoms with Crippen LogP contribution in [-0.2, 0) is 16.1 Å². The second-order valence-corrected chi connectivity index (χ2v) is 11.6. The summed E-state index contributed by atoms with van der Waals surface area (Å²) in [6, 6.07) is 10.1. The molecule has 1 saturated carbocycles. The summed E-state index contributed by atoms with van der Waals surface area (Å²) in [5, 5.41) is 14.1. The van der Waals surface area contributed by atoms with Gasteiger partial charge in [0, 0.05) is 31.1 Å². The summed E-state index contributed by atoms with van der Waals surface area (Å²) in [7, 11) is 3.86. The minimum absolute atomic E-state index is 0.149. The van der Waals surface area contributed by atoms with Gasteiger partial charge in [-0.15, -0.1) is 0 Å². The van der Waals surface area contributed by atoms with Gasteiger partial charge in [-0.3, -0.25) is 4.79 Å². The Labute approximate surface area is 217 Å². The predicted octanol–water partition coefficient (Wildman–Crippen LogP) is 2.85. The van der Waals surface area contributed by atoms with E-state index in [4.69, 9.17) is 12.2 Å². The van der Waals surface area contributed by atoms with Gasteiger partial charge in [-0.05, 0) is 50.1 Å². The fraction of sp³-hybridized carbons (Fsp3) is 0.667. The maximum absolute atomic E-state index is 13.3. The highest BCUT2D eigenvalue weighted by Gasteiger charge is 2.35. The number of aldehydes is 1. The molecular weight excluding hydrogens is 458 g/mol.